The van der Waals surface area contributed by atoms with Crippen LogP contribution in [0.25, 0.3) is 0 Å². The zero-order valence-electron chi connectivity index (χ0n) is 7.50. The van der Waals surface area contributed by atoms with E-state index in [0.717, 1.165) is 23.5 Å². The van der Waals surface area contributed by atoms with Crippen LogP contribution < -0.4 is 0 Å². The van der Waals surface area contributed by atoms with Gasteiger partial charge in [-0.3, -0.25) is 0 Å². The third-order valence-electron chi connectivity index (χ3n) is 1.58. The van der Waals surface area contributed by atoms with Gasteiger partial charge in [0, 0.05) is 11.8 Å². The van der Waals surface area contributed by atoms with Crippen LogP contribution in [0.2, 0.25) is 0 Å². The van der Waals surface area contributed by atoms with Crippen molar-refractivity contribution in [3.05, 3.63) is 11.6 Å². The molecule has 0 radical (unpaired) electrons. The van der Waals surface area contributed by atoms with Gasteiger partial charge in [0.1, 0.15) is 6.10 Å². The van der Waals surface area contributed by atoms with Crippen LogP contribution in [-0.4, -0.2) is 23.6 Å². The second-order valence-corrected chi connectivity index (χ2v) is 4.29. The van der Waals surface area contributed by atoms with Gasteiger partial charge in [0.15, 0.2) is 0 Å². The second kappa shape index (κ2) is 4.55. The Morgan fingerprint density at radius 1 is 1.58 bits per heavy atom. The van der Waals surface area contributed by atoms with Gasteiger partial charge < -0.3 is 4.74 Å². The number of carbonyl (C=O) groups is 1. The number of hydrogen-bond acceptors (Lipinski definition) is 3. The molecule has 0 aromatic rings. The van der Waals surface area contributed by atoms with E-state index >= 15 is 0 Å². The molecule has 1 fully saturated rings. The lowest BCUT2D eigenvalue weighted by Crippen LogP contribution is -2.15. The van der Waals surface area contributed by atoms with Crippen molar-refractivity contribution in [1.82, 2.24) is 0 Å². The Balaban J connectivity index is 2.30. The highest BCUT2D eigenvalue weighted by Crippen LogP contribution is 2.20. The molecule has 2 nitrogen and oxygen atoms in total. The van der Waals surface area contributed by atoms with Crippen LogP contribution in [0.4, 0.5) is 0 Å². The summed E-state index contributed by atoms with van der Waals surface area (Å²) in [5.74, 6) is 1.89. The summed E-state index contributed by atoms with van der Waals surface area (Å²) in [6, 6.07) is 0. The molecule has 0 bridgehead atoms. The number of esters is 1. The van der Waals surface area contributed by atoms with Gasteiger partial charge in [0.2, 0.25) is 0 Å². The lowest BCUT2D eigenvalue weighted by molar-refractivity contribution is -0.141. The monoisotopic (exact) mass is 186 g/mol. The summed E-state index contributed by atoms with van der Waals surface area (Å²) in [6.45, 7) is 3.79. The average Bonchev–Trinajstić information content (AvgIpc) is 2.37. The second-order valence-electron chi connectivity index (χ2n) is 3.14. The number of rotatable bonds is 2. The van der Waals surface area contributed by atoms with Gasteiger partial charge in [-0.25, -0.2) is 4.79 Å². The fourth-order valence-corrected chi connectivity index (χ4v) is 2.13. The predicted octanol–water partition coefficient (Wildman–Crippen LogP) is 2.00. The molecule has 1 rings (SSSR count). The van der Waals surface area contributed by atoms with E-state index in [1.807, 2.05) is 25.6 Å². The highest BCUT2D eigenvalue weighted by atomic mass is 32.2. The Morgan fingerprint density at radius 2 is 2.33 bits per heavy atom. The summed E-state index contributed by atoms with van der Waals surface area (Å²) >= 11 is 1.85. The Morgan fingerprint density at radius 3 is 2.83 bits per heavy atom. The maximum atomic E-state index is 11.1. The molecule has 0 saturated carbocycles. The van der Waals surface area contributed by atoms with Gasteiger partial charge in [-0.2, -0.15) is 11.8 Å². The van der Waals surface area contributed by atoms with E-state index < -0.39 is 0 Å². The molecule has 0 aliphatic carbocycles. The number of carbonyl (C=O) groups excluding carboxylic acids is 1. The summed E-state index contributed by atoms with van der Waals surface area (Å²) in [5, 5.41) is 0. The molecule has 1 saturated heterocycles. The first-order valence-corrected chi connectivity index (χ1v) is 5.27. The highest BCUT2D eigenvalue weighted by Gasteiger charge is 2.18. The van der Waals surface area contributed by atoms with Gasteiger partial charge in [0.25, 0.3) is 0 Å². The molecule has 0 aromatic heterocycles. The molecular weight excluding hydrogens is 172 g/mol. The number of ether oxygens (including phenoxy) is 1. The summed E-state index contributed by atoms with van der Waals surface area (Å²) < 4.78 is 5.19. The van der Waals surface area contributed by atoms with Gasteiger partial charge in [-0.1, -0.05) is 5.57 Å². The smallest absolute Gasteiger partial charge is 0.330 e. The first-order valence-electron chi connectivity index (χ1n) is 4.12. The van der Waals surface area contributed by atoms with Crippen molar-refractivity contribution in [2.75, 3.05) is 11.5 Å². The SMILES string of the molecule is CC(C)=CC(=O)OC1CCSC1. The van der Waals surface area contributed by atoms with E-state index in [2.05, 4.69) is 0 Å². The third kappa shape index (κ3) is 3.30. The molecule has 1 heterocycles. The highest BCUT2D eigenvalue weighted by molar-refractivity contribution is 7.99. The quantitative estimate of drug-likeness (QED) is 0.487. The zero-order valence-corrected chi connectivity index (χ0v) is 8.32. The number of allylic oxidation sites excluding steroid dienone is 1. The Labute approximate surface area is 77.4 Å². The minimum atomic E-state index is -0.192. The molecule has 0 N–H and O–H groups in total. The average molecular weight is 186 g/mol. The van der Waals surface area contributed by atoms with Crippen LogP contribution in [0.3, 0.4) is 0 Å². The maximum absolute atomic E-state index is 11.1. The summed E-state index contributed by atoms with van der Waals surface area (Å²) in [4.78, 5) is 11.1. The summed E-state index contributed by atoms with van der Waals surface area (Å²) in [6.07, 6.45) is 2.70. The molecule has 0 amide bonds. The molecule has 0 spiro atoms. The Hall–Kier alpha value is -0.440. The van der Waals surface area contributed by atoms with Crippen LogP contribution in [0.1, 0.15) is 20.3 Å². The molecule has 1 unspecified atom stereocenters. The van der Waals surface area contributed by atoms with Crippen LogP contribution in [-0.2, 0) is 9.53 Å². The van der Waals surface area contributed by atoms with Crippen molar-refractivity contribution < 1.29 is 9.53 Å². The lowest BCUT2D eigenvalue weighted by Gasteiger charge is -2.07. The fourth-order valence-electron chi connectivity index (χ4n) is 1.04. The Kier molecular flexibility index (Phi) is 3.66. The third-order valence-corrected chi connectivity index (χ3v) is 2.71. The van der Waals surface area contributed by atoms with E-state index in [1.54, 1.807) is 6.08 Å². The van der Waals surface area contributed by atoms with E-state index in [1.165, 1.54) is 0 Å². The topological polar surface area (TPSA) is 26.3 Å². The van der Waals surface area contributed by atoms with Gasteiger partial charge in [-0.05, 0) is 26.0 Å². The first-order chi connectivity index (χ1) is 5.68. The fraction of sp³-hybridized carbons (Fsp3) is 0.667. The van der Waals surface area contributed by atoms with Crippen molar-refractivity contribution in [3.8, 4) is 0 Å². The molecule has 1 atom stereocenters. The molecule has 12 heavy (non-hydrogen) atoms. The Bertz CT molecular complexity index is 189. The van der Waals surface area contributed by atoms with E-state index in [-0.39, 0.29) is 12.1 Å². The normalized spacial score (nSPS) is 22.0. The summed E-state index contributed by atoms with van der Waals surface area (Å²) in [5.41, 5.74) is 0.991. The van der Waals surface area contributed by atoms with Gasteiger partial charge >= 0.3 is 5.97 Å². The van der Waals surface area contributed by atoms with Crippen LogP contribution >= 0.6 is 11.8 Å². The van der Waals surface area contributed by atoms with Crippen molar-refractivity contribution in [2.24, 2.45) is 0 Å². The van der Waals surface area contributed by atoms with Crippen molar-refractivity contribution >= 4 is 17.7 Å². The molecule has 3 heteroatoms. The molecule has 1 aliphatic rings. The zero-order chi connectivity index (χ0) is 8.97. The van der Waals surface area contributed by atoms with Crippen molar-refractivity contribution in [1.29, 1.82) is 0 Å². The van der Waals surface area contributed by atoms with E-state index in [9.17, 15) is 4.79 Å². The molecule has 0 aromatic carbocycles. The van der Waals surface area contributed by atoms with Crippen LogP contribution in [0, 0.1) is 0 Å². The minimum Gasteiger partial charge on any atom is -0.458 e. The summed E-state index contributed by atoms with van der Waals surface area (Å²) in [7, 11) is 0. The maximum Gasteiger partial charge on any atom is 0.330 e. The first kappa shape index (κ1) is 9.65. The largest absolute Gasteiger partial charge is 0.458 e. The van der Waals surface area contributed by atoms with Crippen molar-refractivity contribution in [2.45, 2.75) is 26.4 Å². The van der Waals surface area contributed by atoms with E-state index in [0.29, 0.717) is 0 Å². The van der Waals surface area contributed by atoms with Crippen LogP contribution in [0.15, 0.2) is 11.6 Å². The van der Waals surface area contributed by atoms with E-state index in [4.69, 9.17) is 4.74 Å². The minimum absolute atomic E-state index is 0.151. The predicted molar refractivity (Wildman–Crippen MR) is 51.3 cm³/mol. The van der Waals surface area contributed by atoms with Crippen LogP contribution in [0.5, 0.6) is 0 Å². The lowest BCUT2D eigenvalue weighted by atomic mass is 10.3. The molecule has 1 aliphatic heterocycles. The molecule has 68 valence electrons. The van der Waals surface area contributed by atoms with Crippen molar-refractivity contribution in [3.63, 3.8) is 0 Å². The number of thioether (sulfide) groups is 1. The van der Waals surface area contributed by atoms with Gasteiger partial charge in [0.05, 0.1) is 0 Å². The van der Waals surface area contributed by atoms with Gasteiger partial charge in [-0.15, -0.1) is 0 Å². The standard InChI is InChI=1S/C9H14O2S/c1-7(2)5-9(10)11-8-3-4-12-6-8/h5,8H,3-4,6H2,1-2H3. The molecular formula is C9H14O2S. The number of hydrogen-bond donors (Lipinski definition) is 0.